The zero-order valence-corrected chi connectivity index (χ0v) is 23.0. The molecule has 200 valence electrons. The molecule has 42 heavy (non-hydrogen) atoms. The fourth-order valence-corrected chi connectivity index (χ4v) is 6.85. The topological polar surface area (TPSA) is 69.1 Å². The van der Waals surface area contributed by atoms with E-state index in [4.69, 9.17) is 11.5 Å². The van der Waals surface area contributed by atoms with Crippen molar-refractivity contribution in [2.24, 2.45) is 0 Å². The first kappa shape index (κ1) is 24.4. The van der Waals surface area contributed by atoms with Gasteiger partial charge in [-0.1, -0.05) is 84.9 Å². The molecule has 0 unspecified atom stereocenters. The van der Waals surface area contributed by atoms with E-state index in [0.29, 0.717) is 22.5 Å². The van der Waals surface area contributed by atoms with Gasteiger partial charge in [0.05, 0.1) is 0 Å². The molecule has 0 bridgehead atoms. The molecule has 0 amide bonds. The molecule has 3 heteroatoms. The van der Waals surface area contributed by atoms with Crippen molar-refractivity contribution in [1.29, 1.82) is 0 Å². The number of ketones is 1. The first-order valence-electron chi connectivity index (χ1n) is 14.3. The highest BCUT2D eigenvalue weighted by atomic mass is 16.1. The monoisotopic (exact) mass is 540 g/mol. The fourth-order valence-electron chi connectivity index (χ4n) is 6.85. The summed E-state index contributed by atoms with van der Waals surface area (Å²) in [7, 11) is 0. The third kappa shape index (κ3) is 3.71. The van der Waals surface area contributed by atoms with Crippen molar-refractivity contribution < 1.29 is 4.79 Å². The largest absolute Gasteiger partial charge is 0.398 e. The quantitative estimate of drug-likeness (QED) is 0.174. The number of nitrogens with two attached hydrogens (primary N) is 2. The minimum atomic E-state index is -0.0516. The van der Waals surface area contributed by atoms with Crippen molar-refractivity contribution in [2.45, 2.75) is 12.8 Å². The third-order valence-corrected chi connectivity index (χ3v) is 8.91. The van der Waals surface area contributed by atoms with Crippen LogP contribution in [0.15, 0.2) is 121 Å². The smallest absolute Gasteiger partial charge is 0.193 e. The van der Waals surface area contributed by atoms with Crippen LogP contribution in [-0.4, -0.2) is 5.78 Å². The maximum Gasteiger partial charge on any atom is 0.193 e. The van der Waals surface area contributed by atoms with Crippen LogP contribution in [0.5, 0.6) is 0 Å². The van der Waals surface area contributed by atoms with Crippen molar-refractivity contribution in [2.75, 3.05) is 11.5 Å². The van der Waals surface area contributed by atoms with E-state index in [2.05, 4.69) is 84.9 Å². The highest BCUT2D eigenvalue weighted by Crippen LogP contribution is 2.44. The molecule has 0 aromatic heterocycles. The van der Waals surface area contributed by atoms with E-state index in [-0.39, 0.29) is 5.78 Å². The highest BCUT2D eigenvalue weighted by Gasteiger charge is 2.24. The fraction of sp³-hybridized carbons (Fsp3) is 0.0513. The molecule has 4 N–H and O–H groups in total. The van der Waals surface area contributed by atoms with E-state index >= 15 is 0 Å². The number of carbonyl (C=O) groups excluding carboxylic acids is 1. The molecular formula is C39H28N2O. The van der Waals surface area contributed by atoms with Gasteiger partial charge < -0.3 is 11.5 Å². The lowest BCUT2D eigenvalue weighted by molar-refractivity contribution is 0.103. The maximum atomic E-state index is 14.0. The van der Waals surface area contributed by atoms with Crippen LogP contribution in [0.2, 0.25) is 0 Å². The molecular weight excluding hydrogens is 512 g/mol. The maximum absolute atomic E-state index is 14.0. The van der Waals surface area contributed by atoms with Crippen LogP contribution >= 0.6 is 0 Å². The Morgan fingerprint density at radius 2 is 0.810 bits per heavy atom. The SMILES string of the molecule is Nc1ccc(C(=O)c2ccc(N)c(-c3cccc4c3Cc3ccccc3-4)c2)cc1-c1cccc2c1Cc1ccccc1-2. The molecule has 0 aliphatic heterocycles. The Bertz CT molecular complexity index is 1940. The number of hydrogen-bond acceptors (Lipinski definition) is 3. The van der Waals surface area contributed by atoms with Crippen LogP contribution in [-0.2, 0) is 12.8 Å². The molecule has 0 saturated heterocycles. The summed E-state index contributed by atoms with van der Waals surface area (Å²) in [6.45, 7) is 0. The van der Waals surface area contributed by atoms with Crippen LogP contribution in [0, 0.1) is 0 Å². The second-order valence-corrected chi connectivity index (χ2v) is 11.3. The van der Waals surface area contributed by atoms with Gasteiger partial charge in [0.15, 0.2) is 5.78 Å². The molecule has 0 atom stereocenters. The summed E-state index contributed by atoms with van der Waals surface area (Å²) in [6.07, 6.45) is 1.71. The molecule has 8 rings (SSSR count). The Labute approximate surface area is 245 Å². The molecule has 6 aromatic rings. The highest BCUT2D eigenvalue weighted by molar-refractivity contribution is 6.11. The lowest BCUT2D eigenvalue weighted by Gasteiger charge is -2.15. The summed E-state index contributed by atoms with van der Waals surface area (Å²) in [5.41, 5.74) is 29.7. The number of anilines is 2. The van der Waals surface area contributed by atoms with Gasteiger partial charge in [-0.25, -0.2) is 0 Å². The van der Waals surface area contributed by atoms with Crippen molar-refractivity contribution in [1.82, 2.24) is 0 Å². The molecule has 0 saturated carbocycles. The number of fused-ring (bicyclic) bond motifs is 6. The van der Waals surface area contributed by atoms with Gasteiger partial charge in [0, 0.05) is 33.6 Å². The number of rotatable bonds is 4. The summed E-state index contributed by atoms with van der Waals surface area (Å²) in [4.78, 5) is 14.0. The van der Waals surface area contributed by atoms with Gasteiger partial charge in [0.2, 0.25) is 0 Å². The van der Waals surface area contributed by atoms with Gasteiger partial charge in [-0.05, 0) is 105 Å². The van der Waals surface area contributed by atoms with Crippen molar-refractivity contribution in [3.63, 3.8) is 0 Å². The third-order valence-electron chi connectivity index (χ3n) is 8.91. The lowest BCUT2D eigenvalue weighted by atomic mass is 9.90. The van der Waals surface area contributed by atoms with E-state index in [1.165, 1.54) is 44.5 Å². The second kappa shape index (κ2) is 9.32. The van der Waals surface area contributed by atoms with E-state index in [1.54, 1.807) is 0 Å². The van der Waals surface area contributed by atoms with Crippen LogP contribution in [0.3, 0.4) is 0 Å². The zero-order chi connectivity index (χ0) is 28.4. The van der Waals surface area contributed by atoms with Crippen molar-refractivity contribution in [3.05, 3.63) is 155 Å². The minimum Gasteiger partial charge on any atom is -0.398 e. The first-order chi connectivity index (χ1) is 20.6. The van der Waals surface area contributed by atoms with Gasteiger partial charge in [-0.15, -0.1) is 0 Å². The van der Waals surface area contributed by atoms with Crippen LogP contribution in [0.4, 0.5) is 11.4 Å². The van der Waals surface area contributed by atoms with Gasteiger partial charge >= 0.3 is 0 Å². The molecule has 0 heterocycles. The molecule has 3 nitrogen and oxygen atoms in total. The van der Waals surface area contributed by atoms with Crippen molar-refractivity contribution >= 4 is 17.2 Å². The van der Waals surface area contributed by atoms with Gasteiger partial charge in [-0.3, -0.25) is 4.79 Å². The molecule has 0 fully saturated rings. The molecule has 0 radical (unpaired) electrons. The summed E-state index contributed by atoms with van der Waals surface area (Å²) in [5.74, 6) is -0.0516. The van der Waals surface area contributed by atoms with Crippen LogP contribution in [0.1, 0.15) is 38.2 Å². The molecule has 6 aromatic carbocycles. The summed E-state index contributed by atoms with van der Waals surface area (Å²) in [5, 5.41) is 0. The Hall–Kier alpha value is -5.41. The minimum absolute atomic E-state index is 0.0516. The predicted octanol–water partition coefficient (Wildman–Crippen LogP) is 8.56. The van der Waals surface area contributed by atoms with Gasteiger partial charge in [0.25, 0.3) is 0 Å². The number of carbonyl (C=O) groups is 1. The normalized spacial score (nSPS) is 12.4. The number of benzene rings is 6. The number of nitrogen functional groups attached to an aromatic ring is 2. The molecule has 2 aliphatic carbocycles. The van der Waals surface area contributed by atoms with Crippen LogP contribution in [0.25, 0.3) is 44.5 Å². The van der Waals surface area contributed by atoms with Crippen molar-refractivity contribution in [3.8, 4) is 44.5 Å². The molecule has 2 aliphatic rings. The average Bonchev–Trinajstić information content (AvgIpc) is 3.60. The van der Waals surface area contributed by atoms with Gasteiger partial charge in [0.1, 0.15) is 0 Å². The van der Waals surface area contributed by atoms with E-state index in [0.717, 1.165) is 35.1 Å². The average molecular weight is 541 g/mol. The van der Waals surface area contributed by atoms with E-state index < -0.39 is 0 Å². The molecule has 0 spiro atoms. The standard InChI is InChI=1S/C39H28N2O/c40-37-17-15-25(21-35(37)31-13-5-11-29-27-9-3-1-7-23(27)19-33(29)31)39(42)26-16-18-38(41)36(22-26)32-14-6-12-30-28-10-4-2-8-24(28)20-34(30)32/h1-18,21-22H,19-20,40-41H2. The van der Waals surface area contributed by atoms with E-state index in [1.807, 2.05) is 36.4 Å². The second-order valence-electron chi connectivity index (χ2n) is 11.3. The predicted molar refractivity (Wildman–Crippen MR) is 172 cm³/mol. The summed E-state index contributed by atoms with van der Waals surface area (Å²) < 4.78 is 0. The zero-order valence-electron chi connectivity index (χ0n) is 23.0. The van der Waals surface area contributed by atoms with Gasteiger partial charge in [-0.2, -0.15) is 0 Å². The summed E-state index contributed by atoms with van der Waals surface area (Å²) in [6, 6.07) is 41.0. The first-order valence-corrected chi connectivity index (χ1v) is 14.3. The Morgan fingerprint density at radius 1 is 0.429 bits per heavy atom. The Morgan fingerprint density at radius 3 is 1.26 bits per heavy atom. The van der Waals surface area contributed by atoms with E-state index in [9.17, 15) is 4.79 Å². The summed E-state index contributed by atoms with van der Waals surface area (Å²) >= 11 is 0. The number of hydrogen-bond donors (Lipinski definition) is 2. The Balaban J connectivity index is 1.18. The Kier molecular flexibility index (Phi) is 5.41. The lowest BCUT2D eigenvalue weighted by Crippen LogP contribution is -2.05. The van der Waals surface area contributed by atoms with Crippen LogP contribution < -0.4 is 11.5 Å².